The number of nitrogens with zero attached hydrogens (tertiary/aromatic N) is 4. The van der Waals surface area contributed by atoms with Gasteiger partial charge in [-0.15, -0.1) is 0 Å². The molecule has 2 heterocycles. The first-order valence-corrected chi connectivity index (χ1v) is 13.3. The van der Waals surface area contributed by atoms with Gasteiger partial charge < -0.3 is 20.3 Å². The van der Waals surface area contributed by atoms with Crippen LogP contribution < -0.4 is 15.5 Å². The number of methoxy groups -OCH3 is 1. The number of benzene rings is 3. The van der Waals surface area contributed by atoms with E-state index in [4.69, 9.17) is 9.72 Å². The van der Waals surface area contributed by atoms with Crippen LogP contribution in [0.25, 0.3) is 22.0 Å². The number of hydrogen-bond donors (Lipinski definition) is 2. The Kier molecular flexibility index (Phi) is 8.51. The van der Waals surface area contributed by atoms with Gasteiger partial charge in [-0.3, -0.25) is 9.69 Å². The maximum atomic E-state index is 14.9. The van der Waals surface area contributed by atoms with Crippen LogP contribution in [0.1, 0.15) is 5.56 Å². The maximum Gasteiger partial charge on any atom is 0.247 e. The Morgan fingerprint density at radius 2 is 1.90 bits per heavy atom. The van der Waals surface area contributed by atoms with Crippen molar-refractivity contribution in [3.05, 3.63) is 85.1 Å². The summed E-state index contributed by atoms with van der Waals surface area (Å²) in [5.41, 5.74) is 5.57. The van der Waals surface area contributed by atoms with Crippen LogP contribution in [0.15, 0.2) is 79.5 Å². The first-order valence-electron chi connectivity index (χ1n) is 13.3. The maximum absolute atomic E-state index is 14.9. The first-order chi connectivity index (χ1) is 19.9. The Labute approximate surface area is 237 Å². The summed E-state index contributed by atoms with van der Waals surface area (Å²) < 4.78 is 34.6. The lowest BCUT2D eigenvalue weighted by Crippen LogP contribution is -2.56. The molecule has 1 aliphatic heterocycles. The molecule has 0 bridgehead atoms. The minimum absolute atomic E-state index is 0.285. The second-order valence-corrected chi connectivity index (χ2v) is 9.80. The second kappa shape index (κ2) is 12.4. The number of piperazine rings is 1. The van der Waals surface area contributed by atoms with E-state index in [0.717, 1.165) is 27.6 Å². The SMILES string of the molecule is C=CC(=O)Nc1cccc(-c2c(C)ccc3cnc(Nc4ccc(N5CCN(CCOC)C(F)C5F)cc4)nc23)c1. The van der Waals surface area contributed by atoms with Crippen LogP contribution in [0.5, 0.6) is 0 Å². The summed E-state index contributed by atoms with van der Waals surface area (Å²) >= 11 is 0. The molecule has 2 atom stereocenters. The van der Waals surface area contributed by atoms with Gasteiger partial charge in [-0.05, 0) is 60.5 Å². The van der Waals surface area contributed by atoms with E-state index in [-0.39, 0.29) is 5.91 Å². The molecule has 0 aliphatic carbocycles. The van der Waals surface area contributed by atoms with Crippen LogP contribution in [0.4, 0.5) is 31.8 Å². The Morgan fingerprint density at radius 3 is 2.66 bits per heavy atom. The van der Waals surface area contributed by atoms with Crippen molar-refractivity contribution in [2.45, 2.75) is 19.5 Å². The van der Waals surface area contributed by atoms with E-state index >= 15 is 0 Å². The number of carbonyl (C=O) groups is 1. The third-order valence-corrected chi connectivity index (χ3v) is 7.10. The van der Waals surface area contributed by atoms with Gasteiger partial charge in [-0.25, -0.2) is 18.7 Å². The molecule has 10 heteroatoms. The zero-order chi connectivity index (χ0) is 28.9. The molecule has 3 aromatic carbocycles. The second-order valence-electron chi connectivity index (χ2n) is 9.80. The number of aromatic nitrogens is 2. The van der Waals surface area contributed by atoms with Gasteiger partial charge in [0, 0.05) is 61.0 Å². The highest BCUT2D eigenvalue weighted by Crippen LogP contribution is 2.33. The molecule has 2 unspecified atom stereocenters. The van der Waals surface area contributed by atoms with Crippen LogP contribution in [-0.2, 0) is 9.53 Å². The normalized spacial score (nSPS) is 17.4. The number of nitrogens with one attached hydrogen (secondary N) is 2. The van der Waals surface area contributed by atoms with Gasteiger partial charge in [0.2, 0.25) is 24.4 Å². The highest BCUT2D eigenvalue weighted by atomic mass is 19.2. The molecule has 41 heavy (non-hydrogen) atoms. The number of alkyl halides is 2. The third-order valence-electron chi connectivity index (χ3n) is 7.10. The van der Waals surface area contributed by atoms with Crippen molar-refractivity contribution >= 4 is 39.8 Å². The van der Waals surface area contributed by atoms with E-state index in [1.165, 1.54) is 15.9 Å². The summed E-state index contributed by atoms with van der Waals surface area (Å²) in [7, 11) is 1.54. The number of amides is 1. The molecule has 0 spiro atoms. The van der Waals surface area contributed by atoms with E-state index in [1.54, 1.807) is 37.6 Å². The van der Waals surface area contributed by atoms with Crippen LogP contribution in [0.3, 0.4) is 0 Å². The number of anilines is 4. The lowest BCUT2D eigenvalue weighted by molar-refractivity contribution is -0.111. The molecule has 0 saturated carbocycles. The van der Waals surface area contributed by atoms with Crippen LogP contribution in [0, 0.1) is 6.92 Å². The molecular formula is C31H32F2N6O2. The number of fused-ring (bicyclic) bond motifs is 1. The predicted molar refractivity (Wildman–Crippen MR) is 159 cm³/mol. The van der Waals surface area contributed by atoms with Gasteiger partial charge in [-0.1, -0.05) is 30.8 Å². The van der Waals surface area contributed by atoms with Crippen molar-refractivity contribution in [1.82, 2.24) is 14.9 Å². The topological polar surface area (TPSA) is 82.6 Å². The Morgan fingerprint density at radius 1 is 1.10 bits per heavy atom. The molecule has 0 radical (unpaired) electrons. The average molecular weight is 559 g/mol. The van der Waals surface area contributed by atoms with Gasteiger partial charge in [0.25, 0.3) is 0 Å². The van der Waals surface area contributed by atoms with Gasteiger partial charge in [-0.2, -0.15) is 0 Å². The summed E-state index contributed by atoms with van der Waals surface area (Å²) in [6.45, 7) is 6.99. The summed E-state index contributed by atoms with van der Waals surface area (Å²) in [5, 5.41) is 6.89. The molecule has 2 N–H and O–H groups in total. The number of aryl methyl sites for hydroxylation is 1. The Balaban J connectivity index is 1.36. The van der Waals surface area contributed by atoms with Gasteiger partial charge in [0.1, 0.15) is 0 Å². The van der Waals surface area contributed by atoms with Crippen molar-refractivity contribution in [1.29, 1.82) is 0 Å². The third kappa shape index (κ3) is 6.18. The van der Waals surface area contributed by atoms with Crippen LogP contribution in [0.2, 0.25) is 0 Å². The summed E-state index contributed by atoms with van der Waals surface area (Å²) in [6.07, 6.45) is -0.512. The van der Waals surface area contributed by atoms with E-state index in [9.17, 15) is 13.6 Å². The standard InChI is InChI=1S/C31H32F2N6O2/c1-4-26(40)35-24-7-5-6-21(18-24)27-20(2)8-9-22-19-34-31(37-28(22)27)36-23-10-12-25(13-11-23)39-15-14-38(16-17-41-3)29(32)30(39)33/h4-13,18-19,29-30H,1,14-17H2,2-3H3,(H,35,40)(H,34,36,37). The number of rotatable bonds is 9. The van der Waals surface area contributed by atoms with Crippen molar-refractivity contribution in [2.75, 3.05) is 48.9 Å². The van der Waals surface area contributed by atoms with Gasteiger partial charge in [0.15, 0.2) is 0 Å². The molecule has 1 amide bonds. The van der Waals surface area contributed by atoms with E-state index < -0.39 is 12.6 Å². The number of ether oxygens (including phenoxy) is 1. The number of halogens is 2. The predicted octanol–water partition coefficient (Wildman–Crippen LogP) is 5.83. The molecule has 1 fully saturated rings. The minimum Gasteiger partial charge on any atom is -0.383 e. The minimum atomic E-state index is -1.77. The van der Waals surface area contributed by atoms with Gasteiger partial charge in [0.05, 0.1) is 12.1 Å². The summed E-state index contributed by atoms with van der Waals surface area (Å²) in [5.74, 6) is 0.111. The summed E-state index contributed by atoms with van der Waals surface area (Å²) in [4.78, 5) is 24.0. The molecular weight excluding hydrogens is 526 g/mol. The fraction of sp³-hybridized carbons (Fsp3) is 0.258. The smallest absolute Gasteiger partial charge is 0.247 e. The van der Waals surface area contributed by atoms with E-state index in [1.807, 2.05) is 43.3 Å². The van der Waals surface area contributed by atoms with E-state index in [0.29, 0.717) is 49.3 Å². The molecule has 1 saturated heterocycles. The largest absolute Gasteiger partial charge is 0.383 e. The molecule has 5 rings (SSSR count). The van der Waals surface area contributed by atoms with E-state index in [2.05, 4.69) is 22.2 Å². The quantitative estimate of drug-likeness (QED) is 0.198. The van der Waals surface area contributed by atoms with Crippen molar-refractivity contribution < 1.29 is 18.3 Å². The average Bonchev–Trinajstić information content (AvgIpc) is 2.98. The zero-order valence-corrected chi connectivity index (χ0v) is 23.0. The zero-order valence-electron chi connectivity index (χ0n) is 23.0. The van der Waals surface area contributed by atoms with Crippen LogP contribution in [-0.4, -0.2) is 66.7 Å². The Hall–Kier alpha value is -4.41. The molecule has 1 aromatic heterocycles. The molecule has 212 valence electrons. The van der Waals surface area contributed by atoms with Crippen molar-refractivity contribution in [2.24, 2.45) is 0 Å². The molecule has 4 aromatic rings. The fourth-order valence-electron chi connectivity index (χ4n) is 4.95. The summed E-state index contributed by atoms with van der Waals surface area (Å²) in [6, 6.07) is 18.6. The molecule has 8 nitrogen and oxygen atoms in total. The Bertz CT molecular complexity index is 1550. The van der Waals surface area contributed by atoms with Crippen molar-refractivity contribution in [3.63, 3.8) is 0 Å². The highest BCUT2D eigenvalue weighted by molar-refractivity contribution is 6.00. The number of hydrogen-bond acceptors (Lipinski definition) is 7. The molecule has 1 aliphatic rings. The highest BCUT2D eigenvalue weighted by Gasteiger charge is 2.36. The lowest BCUT2D eigenvalue weighted by atomic mass is 9.97. The van der Waals surface area contributed by atoms with Crippen LogP contribution >= 0.6 is 0 Å². The number of carbonyl (C=O) groups excluding carboxylic acids is 1. The fourth-order valence-corrected chi connectivity index (χ4v) is 4.95. The lowest BCUT2D eigenvalue weighted by Gasteiger charge is -2.41. The van der Waals surface area contributed by atoms with Gasteiger partial charge >= 0.3 is 0 Å². The monoisotopic (exact) mass is 558 g/mol. The van der Waals surface area contributed by atoms with Crippen molar-refractivity contribution in [3.8, 4) is 11.1 Å². The first kappa shape index (κ1) is 28.1.